The molecule has 168 valence electrons. The van der Waals surface area contributed by atoms with Gasteiger partial charge in [0.1, 0.15) is 6.33 Å². The van der Waals surface area contributed by atoms with Crippen LogP contribution in [0.3, 0.4) is 0 Å². The van der Waals surface area contributed by atoms with Crippen molar-refractivity contribution in [3.8, 4) is 11.4 Å². The highest BCUT2D eigenvalue weighted by Crippen LogP contribution is 2.34. The van der Waals surface area contributed by atoms with Gasteiger partial charge < -0.3 is 5.73 Å². The summed E-state index contributed by atoms with van der Waals surface area (Å²) in [4.78, 5) is 22.0. The summed E-state index contributed by atoms with van der Waals surface area (Å²) in [6.45, 7) is 0. The van der Waals surface area contributed by atoms with Gasteiger partial charge in [-0.1, -0.05) is 0 Å². The Morgan fingerprint density at radius 3 is 2.25 bits per heavy atom. The molecule has 2 N–H and O–H groups in total. The third-order valence-electron chi connectivity index (χ3n) is 3.95. The molecule has 2 aromatic heterocycles. The van der Waals surface area contributed by atoms with Gasteiger partial charge in [-0.15, -0.1) is 5.10 Å². The van der Waals surface area contributed by atoms with Crippen LogP contribution in [0.25, 0.3) is 23.2 Å². The second-order valence-electron chi connectivity index (χ2n) is 6.40. The van der Waals surface area contributed by atoms with Crippen molar-refractivity contribution >= 4 is 17.7 Å². The normalized spacial score (nSPS) is 12.8. The number of halogens is 7. The third-order valence-corrected chi connectivity index (χ3v) is 3.95. The third kappa shape index (κ3) is 5.65. The number of amides is 1. The first-order chi connectivity index (χ1) is 14.8. The minimum atomic E-state index is -4.90. The lowest BCUT2D eigenvalue weighted by Gasteiger charge is -2.12. The van der Waals surface area contributed by atoms with E-state index < -0.39 is 41.9 Å². The van der Waals surface area contributed by atoms with E-state index in [0.717, 1.165) is 35.7 Å². The Hall–Kier alpha value is -3.84. The molecule has 0 radical (unpaired) electrons. The molecule has 0 aliphatic heterocycles. The lowest BCUT2D eigenvalue weighted by atomic mass is 10.0. The van der Waals surface area contributed by atoms with Gasteiger partial charge in [0.05, 0.1) is 17.6 Å². The van der Waals surface area contributed by atoms with E-state index in [-0.39, 0.29) is 22.5 Å². The van der Waals surface area contributed by atoms with E-state index in [1.807, 2.05) is 0 Å². The number of carbonyl (C=O) groups is 1. The lowest BCUT2D eigenvalue weighted by molar-refractivity contribution is -0.138. The zero-order chi connectivity index (χ0) is 23.7. The van der Waals surface area contributed by atoms with Crippen LogP contribution in [0.5, 0.6) is 0 Å². The second kappa shape index (κ2) is 8.36. The first-order valence-corrected chi connectivity index (χ1v) is 8.51. The van der Waals surface area contributed by atoms with Crippen LogP contribution in [0.4, 0.5) is 30.7 Å². The first-order valence-electron chi connectivity index (χ1n) is 8.51. The van der Waals surface area contributed by atoms with Gasteiger partial charge in [0, 0.05) is 29.7 Å². The van der Waals surface area contributed by atoms with Gasteiger partial charge in [0.2, 0.25) is 0 Å². The Balaban J connectivity index is 2.03. The van der Waals surface area contributed by atoms with Crippen LogP contribution in [0.1, 0.15) is 16.7 Å². The largest absolute Gasteiger partial charge is 0.416 e. The molecule has 1 aromatic carbocycles. The fourth-order valence-corrected chi connectivity index (χ4v) is 2.65. The summed E-state index contributed by atoms with van der Waals surface area (Å²) >= 11 is 0. The lowest BCUT2D eigenvalue weighted by Crippen LogP contribution is -2.14. The summed E-state index contributed by atoms with van der Waals surface area (Å²) in [5.74, 6) is -1.32. The predicted octanol–water partition coefficient (Wildman–Crippen LogP) is 3.48. The molecule has 14 heteroatoms. The van der Waals surface area contributed by atoms with Crippen LogP contribution >= 0.6 is 0 Å². The van der Waals surface area contributed by atoms with Gasteiger partial charge in [-0.2, -0.15) is 30.7 Å². The van der Waals surface area contributed by atoms with Crippen LogP contribution in [0.2, 0.25) is 0 Å². The number of nitrogens with zero attached hydrogens (tertiary/aromatic N) is 5. The number of hydrogen-bond donors (Lipinski definition) is 1. The Morgan fingerprint density at radius 2 is 1.69 bits per heavy atom. The maximum atomic E-state index is 13.2. The van der Waals surface area contributed by atoms with E-state index in [9.17, 15) is 35.5 Å². The van der Waals surface area contributed by atoms with Crippen LogP contribution < -0.4 is 5.73 Å². The molecule has 1 amide bonds. The molecule has 0 bridgehead atoms. The molecule has 0 aliphatic rings. The zero-order valence-corrected chi connectivity index (χ0v) is 15.6. The Labute approximate surface area is 174 Å². The van der Waals surface area contributed by atoms with E-state index in [2.05, 4.69) is 20.1 Å². The summed E-state index contributed by atoms with van der Waals surface area (Å²) in [5.41, 5.74) is 2.80. The molecule has 7 nitrogen and oxygen atoms in total. The number of aromatic nitrogens is 5. The van der Waals surface area contributed by atoms with Crippen molar-refractivity contribution in [2.45, 2.75) is 18.8 Å². The van der Waals surface area contributed by atoms with Gasteiger partial charge in [-0.3, -0.25) is 4.79 Å². The topological polar surface area (TPSA) is 99.6 Å². The standard InChI is InChI=1S/C18H11F7N6O/c19-16-27-5-11(6-28-16)13(14(26)32)7-31-8-29-15(30-31)10-1-9(4-17(20,21)22)2-12(3-10)18(23,24)25/h1-3,5-8H,4H2,(H2,26,32)/b13-7+. The number of nitrogens with two attached hydrogens (primary N) is 1. The summed E-state index contributed by atoms with van der Waals surface area (Å²) in [7, 11) is 0. The average Bonchev–Trinajstić information content (AvgIpc) is 3.13. The van der Waals surface area contributed by atoms with E-state index in [1.54, 1.807) is 0 Å². The summed E-state index contributed by atoms with van der Waals surface area (Å²) < 4.78 is 91.4. The molecule has 0 atom stereocenters. The van der Waals surface area contributed by atoms with Gasteiger partial charge >= 0.3 is 18.4 Å². The molecule has 3 aromatic rings. The van der Waals surface area contributed by atoms with Crippen molar-refractivity contribution in [3.05, 3.63) is 59.7 Å². The maximum absolute atomic E-state index is 13.2. The SMILES string of the molecule is NC(=O)/C(=C/n1cnc(-c2cc(CC(F)(F)F)cc(C(F)(F)F)c2)n1)c1cnc(F)nc1. The number of alkyl halides is 6. The number of benzene rings is 1. The monoisotopic (exact) mass is 460 g/mol. The van der Waals surface area contributed by atoms with Crippen molar-refractivity contribution in [1.29, 1.82) is 0 Å². The molecular weight excluding hydrogens is 449 g/mol. The fourth-order valence-electron chi connectivity index (χ4n) is 2.65. The maximum Gasteiger partial charge on any atom is 0.416 e. The Kier molecular flexibility index (Phi) is 5.96. The zero-order valence-electron chi connectivity index (χ0n) is 15.6. The Morgan fingerprint density at radius 1 is 1.03 bits per heavy atom. The number of primary amides is 1. The van der Waals surface area contributed by atoms with Gasteiger partial charge in [-0.05, 0) is 23.8 Å². The number of carbonyl (C=O) groups excluding carboxylic acids is 1. The molecule has 3 rings (SSSR count). The van der Waals surface area contributed by atoms with E-state index in [1.165, 1.54) is 0 Å². The number of rotatable bonds is 5. The van der Waals surface area contributed by atoms with Crippen molar-refractivity contribution in [3.63, 3.8) is 0 Å². The smallest absolute Gasteiger partial charge is 0.366 e. The highest BCUT2D eigenvalue weighted by Gasteiger charge is 2.34. The average molecular weight is 460 g/mol. The van der Waals surface area contributed by atoms with E-state index >= 15 is 0 Å². The summed E-state index contributed by atoms with van der Waals surface area (Å²) in [5, 5.41) is 3.86. The summed E-state index contributed by atoms with van der Waals surface area (Å²) in [6.07, 6.45) is -8.32. The highest BCUT2D eigenvalue weighted by molar-refractivity contribution is 6.22. The second-order valence-corrected chi connectivity index (χ2v) is 6.40. The summed E-state index contributed by atoms with van der Waals surface area (Å²) in [6, 6.07) is 1.88. The molecule has 32 heavy (non-hydrogen) atoms. The number of hydrogen-bond acceptors (Lipinski definition) is 5. The van der Waals surface area contributed by atoms with Crippen LogP contribution in [0.15, 0.2) is 36.9 Å². The van der Waals surface area contributed by atoms with Gasteiger partial charge in [0.15, 0.2) is 5.82 Å². The van der Waals surface area contributed by atoms with Crippen molar-refractivity contribution < 1.29 is 35.5 Å². The molecule has 0 fully saturated rings. The quantitative estimate of drug-likeness (QED) is 0.357. The van der Waals surface area contributed by atoms with Crippen molar-refractivity contribution in [2.24, 2.45) is 5.73 Å². The van der Waals surface area contributed by atoms with E-state index in [0.29, 0.717) is 12.1 Å². The highest BCUT2D eigenvalue weighted by atomic mass is 19.4. The van der Waals surface area contributed by atoms with Crippen molar-refractivity contribution in [1.82, 2.24) is 24.7 Å². The van der Waals surface area contributed by atoms with Gasteiger partial charge in [-0.25, -0.2) is 19.6 Å². The molecule has 2 heterocycles. The molecule has 0 unspecified atom stereocenters. The molecule has 0 aliphatic carbocycles. The molecule has 0 saturated carbocycles. The van der Waals surface area contributed by atoms with Crippen molar-refractivity contribution in [2.75, 3.05) is 0 Å². The van der Waals surface area contributed by atoms with E-state index in [4.69, 9.17) is 5.73 Å². The van der Waals surface area contributed by atoms with Crippen LogP contribution in [-0.4, -0.2) is 36.8 Å². The van der Waals surface area contributed by atoms with Gasteiger partial charge in [0.25, 0.3) is 5.91 Å². The molecule has 0 saturated heterocycles. The molecule has 0 spiro atoms. The minimum Gasteiger partial charge on any atom is -0.366 e. The minimum absolute atomic E-state index is 0.0162. The fraction of sp³-hybridized carbons (Fsp3) is 0.167. The Bertz CT molecular complexity index is 1170. The van der Waals surface area contributed by atoms with Crippen LogP contribution in [-0.2, 0) is 17.4 Å². The van der Waals surface area contributed by atoms with Crippen LogP contribution in [0, 0.1) is 6.08 Å². The first kappa shape index (κ1) is 22.8. The predicted molar refractivity (Wildman–Crippen MR) is 95.6 cm³/mol. The molecular formula is C18H11F7N6O.